The van der Waals surface area contributed by atoms with Crippen molar-refractivity contribution >= 4 is 0 Å². The third-order valence-corrected chi connectivity index (χ3v) is 3.95. The summed E-state index contributed by atoms with van der Waals surface area (Å²) in [5, 5.41) is 3.61. The van der Waals surface area contributed by atoms with Crippen molar-refractivity contribution < 1.29 is 0 Å². The van der Waals surface area contributed by atoms with Crippen molar-refractivity contribution in [3.63, 3.8) is 0 Å². The standard InChI is InChI=1S/C18H31N/c1-6-9-17(19-7-2)10-8-11-18-15(4)12-14(3)13-16(18)5/h12-13,17,19H,6-11H2,1-5H3. The molecule has 1 heteroatoms. The summed E-state index contributed by atoms with van der Waals surface area (Å²) in [5.41, 5.74) is 5.88. The quantitative estimate of drug-likeness (QED) is 0.714. The third-order valence-electron chi connectivity index (χ3n) is 3.95. The minimum absolute atomic E-state index is 0.709. The van der Waals surface area contributed by atoms with Gasteiger partial charge in [0, 0.05) is 6.04 Å². The van der Waals surface area contributed by atoms with E-state index < -0.39 is 0 Å². The molecule has 0 saturated heterocycles. The van der Waals surface area contributed by atoms with Crippen LogP contribution in [0.5, 0.6) is 0 Å². The van der Waals surface area contributed by atoms with Crippen LogP contribution in [0.25, 0.3) is 0 Å². The van der Waals surface area contributed by atoms with E-state index in [-0.39, 0.29) is 0 Å². The summed E-state index contributed by atoms with van der Waals surface area (Å²) in [5.74, 6) is 0. The van der Waals surface area contributed by atoms with Crippen molar-refractivity contribution in [1.82, 2.24) is 5.32 Å². The van der Waals surface area contributed by atoms with Crippen LogP contribution in [0.15, 0.2) is 12.1 Å². The van der Waals surface area contributed by atoms with Crippen LogP contribution in [0.4, 0.5) is 0 Å². The Labute approximate surface area is 119 Å². The topological polar surface area (TPSA) is 12.0 Å². The maximum atomic E-state index is 3.61. The molecule has 0 fully saturated rings. The fraction of sp³-hybridized carbons (Fsp3) is 0.667. The van der Waals surface area contributed by atoms with Crippen LogP contribution >= 0.6 is 0 Å². The van der Waals surface area contributed by atoms with E-state index in [4.69, 9.17) is 0 Å². The average molecular weight is 261 g/mol. The van der Waals surface area contributed by atoms with Crippen LogP contribution in [0.1, 0.15) is 61.8 Å². The zero-order chi connectivity index (χ0) is 14.3. The molecular formula is C18H31N. The molecule has 1 rings (SSSR count). The molecule has 0 bridgehead atoms. The molecule has 1 unspecified atom stereocenters. The first kappa shape index (κ1) is 16.2. The SMILES string of the molecule is CCCC(CCCc1c(C)cc(C)cc1C)NCC. The average Bonchev–Trinajstić information content (AvgIpc) is 2.32. The van der Waals surface area contributed by atoms with Gasteiger partial charge in [-0.2, -0.15) is 0 Å². The minimum atomic E-state index is 0.709. The van der Waals surface area contributed by atoms with Crippen molar-refractivity contribution in [2.75, 3.05) is 6.54 Å². The molecule has 19 heavy (non-hydrogen) atoms. The molecule has 108 valence electrons. The lowest BCUT2D eigenvalue weighted by Crippen LogP contribution is -2.28. The first-order chi connectivity index (χ1) is 9.08. The van der Waals surface area contributed by atoms with Crippen LogP contribution in [0.2, 0.25) is 0 Å². The Kier molecular flexibility index (Phi) is 7.15. The maximum absolute atomic E-state index is 3.61. The predicted molar refractivity (Wildman–Crippen MR) is 86.0 cm³/mol. The molecule has 0 radical (unpaired) electrons. The van der Waals surface area contributed by atoms with Crippen LogP contribution < -0.4 is 5.32 Å². The Morgan fingerprint density at radius 2 is 1.63 bits per heavy atom. The molecule has 0 aromatic heterocycles. The second-order valence-corrected chi connectivity index (χ2v) is 5.81. The highest BCUT2D eigenvalue weighted by molar-refractivity contribution is 5.37. The Morgan fingerprint density at radius 1 is 1.00 bits per heavy atom. The second-order valence-electron chi connectivity index (χ2n) is 5.81. The van der Waals surface area contributed by atoms with Gasteiger partial charge in [0.15, 0.2) is 0 Å². The summed E-state index contributed by atoms with van der Waals surface area (Å²) in [6.07, 6.45) is 6.40. The number of rotatable bonds is 8. The Bertz CT molecular complexity index is 352. The number of hydrogen-bond acceptors (Lipinski definition) is 1. The van der Waals surface area contributed by atoms with E-state index in [9.17, 15) is 0 Å². The van der Waals surface area contributed by atoms with Crippen molar-refractivity contribution in [3.05, 3.63) is 34.4 Å². The van der Waals surface area contributed by atoms with Crippen LogP contribution in [0, 0.1) is 20.8 Å². The van der Waals surface area contributed by atoms with Gasteiger partial charge in [-0.3, -0.25) is 0 Å². The lowest BCUT2D eigenvalue weighted by Gasteiger charge is -2.18. The van der Waals surface area contributed by atoms with Crippen LogP contribution in [-0.2, 0) is 6.42 Å². The van der Waals surface area contributed by atoms with Gasteiger partial charge in [-0.15, -0.1) is 0 Å². The molecule has 0 aliphatic carbocycles. The summed E-state index contributed by atoms with van der Waals surface area (Å²) >= 11 is 0. The smallest absolute Gasteiger partial charge is 0.00669 e. The third kappa shape index (κ3) is 5.36. The normalized spacial score (nSPS) is 12.7. The second kappa shape index (κ2) is 8.37. The van der Waals surface area contributed by atoms with Crippen molar-refractivity contribution in [2.24, 2.45) is 0 Å². The van der Waals surface area contributed by atoms with Gasteiger partial charge in [0.25, 0.3) is 0 Å². The molecule has 0 saturated carbocycles. The zero-order valence-corrected chi connectivity index (χ0v) is 13.5. The molecule has 0 amide bonds. The molecule has 1 nitrogen and oxygen atoms in total. The molecule has 1 N–H and O–H groups in total. The molecule has 0 aliphatic heterocycles. The van der Waals surface area contributed by atoms with Gasteiger partial charge in [-0.1, -0.05) is 38.0 Å². The van der Waals surface area contributed by atoms with Gasteiger partial charge in [0.2, 0.25) is 0 Å². The number of nitrogens with one attached hydrogen (secondary N) is 1. The van der Waals surface area contributed by atoms with Gasteiger partial charge in [-0.05, 0) is 69.7 Å². The predicted octanol–water partition coefficient (Wildman–Crippen LogP) is 4.71. The van der Waals surface area contributed by atoms with Crippen LogP contribution in [-0.4, -0.2) is 12.6 Å². The lowest BCUT2D eigenvalue weighted by molar-refractivity contribution is 0.447. The number of aryl methyl sites for hydroxylation is 3. The fourth-order valence-electron chi connectivity index (χ4n) is 3.12. The molecule has 0 heterocycles. The molecule has 0 spiro atoms. The van der Waals surface area contributed by atoms with Gasteiger partial charge in [0.05, 0.1) is 0 Å². The van der Waals surface area contributed by atoms with E-state index in [1.165, 1.54) is 48.8 Å². The fourth-order valence-corrected chi connectivity index (χ4v) is 3.12. The van der Waals surface area contributed by atoms with E-state index in [1.807, 2.05) is 0 Å². The monoisotopic (exact) mass is 261 g/mol. The lowest BCUT2D eigenvalue weighted by atomic mass is 9.94. The first-order valence-corrected chi connectivity index (χ1v) is 7.88. The Hall–Kier alpha value is -0.820. The minimum Gasteiger partial charge on any atom is -0.314 e. The molecule has 1 aromatic carbocycles. The maximum Gasteiger partial charge on any atom is 0.00669 e. The highest BCUT2D eigenvalue weighted by Crippen LogP contribution is 2.19. The van der Waals surface area contributed by atoms with E-state index in [0.29, 0.717) is 6.04 Å². The number of hydrogen-bond donors (Lipinski definition) is 1. The van der Waals surface area contributed by atoms with Gasteiger partial charge < -0.3 is 5.32 Å². The van der Waals surface area contributed by atoms with Crippen molar-refractivity contribution in [2.45, 2.75) is 72.8 Å². The summed E-state index contributed by atoms with van der Waals surface area (Å²) in [6.45, 7) is 12.3. The van der Waals surface area contributed by atoms with Gasteiger partial charge in [0.1, 0.15) is 0 Å². The number of benzene rings is 1. The molecule has 0 aliphatic rings. The van der Waals surface area contributed by atoms with E-state index >= 15 is 0 Å². The first-order valence-electron chi connectivity index (χ1n) is 7.88. The Balaban J connectivity index is 2.52. The molecule has 1 aromatic rings. The van der Waals surface area contributed by atoms with E-state index in [1.54, 1.807) is 5.56 Å². The Morgan fingerprint density at radius 3 is 2.16 bits per heavy atom. The summed E-state index contributed by atoms with van der Waals surface area (Å²) in [6, 6.07) is 5.34. The highest BCUT2D eigenvalue weighted by Gasteiger charge is 2.08. The summed E-state index contributed by atoms with van der Waals surface area (Å²) in [4.78, 5) is 0. The van der Waals surface area contributed by atoms with Crippen molar-refractivity contribution in [3.8, 4) is 0 Å². The van der Waals surface area contributed by atoms with Gasteiger partial charge in [-0.25, -0.2) is 0 Å². The van der Waals surface area contributed by atoms with E-state index in [0.717, 1.165) is 6.54 Å². The summed E-state index contributed by atoms with van der Waals surface area (Å²) in [7, 11) is 0. The highest BCUT2D eigenvalue weighted by atomic mass is 14.9. The van der Waals surface area contributed by atoms with Gasteiger partial charge >= 0.3 is 0 Å². The molecular weight excluding hydrogens is 230 g/mol. The largest absolute Gasteiger partial charge is 0.314 e. The molecule has 1 atom stereocenters. The zero-order valence-electron chi connectivity index (χ0n) is 13.5. The van der Waals surface area contributed by atoms with Crippen LogP contribution in [0.3, 0.4) is 0 Å². The summed E-state index contributed by atoms with van der Waals surface area (Å²) < 4.78 is 0. The van der Waals surface area contributed by atoms with Crippen molar-refractivity contribution in [1.29, 1.82) is 0 Å². The van der Waals surface area contributed by atoms with E-state index in [2.05, 4.69) is 52.1 Å².